The number of likely N-dealkylation sites (tertiary alicyclic amines) is 1. The highest BCUT2D eigenvalue weighted by atomic mass is 35.5. The third-order valence-electron chi connectivity index (χ3n) is 4.46. The summed E-state index contributed by atoms with van der Waals surface area (Å²) in [4.78, 5) is 25.0. The van der Waals surface area contributed by atoms with E-state index in [1.165, 1.54) is 5.56 Å². The molecule has 0 aliphatic carbocycles. The molecule has 0 aromatic heterocycles. The first-order valence-electron chi connectivity index (χ1n) is 8.08. The van der Waals surface area contributed by atoms with E-state index >= 15 is 0 Å². The molecule has 0 spiro atoms. The van der Waals surface area contributed by atoms with Crippen LogP contribution in [0, 0.1) is 5.92 Å². The number of carbonyl (C=O) groups excluding carboxylic acids is 1. The number of carboxylic acids is 1. The molecule has 2 unspecified atom stereocenters. The molecule has 2 atom stereocenters. The number of hydrogen-bond acceptors (Lipinski definition) is 4. The van der Waals surface area contributed by atoms with Gasteiger partial charge in [0.2, 0.25) is 5.91 Å². The summed E-state index contributed by atoms with van der Waals surface area (Å²) in [7, 11) is 0. The number of halogens is 1. The van der Waals surface area contributed by atoms with Crippen LogP contribution in [0.1, 0.15) is 18.4 Å². The van der Waals surface area contributed by atoms with Gasteiger partial charge in [-0.25, -0.2) is 0 Å². The van der Waals surface area contributed by atoms with Gasteiger partial charge in [-0.3, -0.25) is 14.5 Å². The minimum atomic E-state index is -0.771. The topological polar surface area (TPSA) is 78.9 Å². The van der Waals surface area contributed by atoms with Gasteiger partial charge in [-0.15, -0.1) is 12.4 Å². The van der Waals surface area contributed by atoms with Crippen LogP contribution < -0.4 is 10.1 Å². The molecule has 2 aliphatic rings. The maximum Gasteiger partial charge on any atom is 0.307 e. The first kappa shape index (κ1) is 18.5. The highest BCUT2D eigenvalue weighted by Gasteiger charge is 2.27. The SMILES string of the molecule is Cl.O=C(CN1CCCC(C(=O)O)C1)NCC1Cc2ccccc2O1. The van der Waals surface area contributed by atoms with Gasteiger partial charge in [0.05, 0.1) is 19.0 Å². The van der Waals surface area contributed by atoms with Crippen LogP contribution >= 0.6 is 12.4 Å². The Morgan fingerprint density at radius 3 is 2.88 bits per heavy atom. The van der Waals surface area contributed by atoms with Crippen LogP contribution in [0.3, 0.4) is 0 Å². The van der Waals surface area contributed by atoms with Crippen molar-refractivity contribution in [3.05, 3.63) is 29.8 Å². The van der Waals surface area contributed by atoms with Crippen molar-refractivity contribution in [2.75, 3.05) is 26.2 Å². The lowest BCUT2D eigenvalue weighted by molar-refractivity contribution is -0.144. The van der Waals surface area contributed by atoms with Crippen LogP contribution in [0.25, 0.3) is 0 Å². The summed E-state index contributed by atoms with van der Waals surface area (Å²) in [6, 6.07) is 7.90. The molecule has 0 radical (unpaired) electrons. The van der Waals surface area contributed by atoms with E-state index in [4.69, 9.17) is 9.84 Å². The largest absolute Gasteiger partial charge is 0.488 e. The molecule has 2 heterocycles. The number of nitrogens with zero attached hydrogens (tertiary/aromatic N) is 1. The van der Waals surface area contributed by atoms with Gasteiger partial charge in [0.15, 0.2) is 0 Å². The number of benzene rings is 1. The van der Waals surface area contributed by atoms with E-state index in [2.05, 4.69) is 5.32 Å². The number of piperidine rings is 1. The number of ether oxygens (including phenoxy) is 1. The van der Waals surface area contributed by atoms with Crippen molar-refractivity contribution in [3.63, 3.8) is 0 Å². The summed E-state index contributed by atoms with van der Waals surface area (Å²) in [5.41, 5.74) is 1.17. The predicted molar refractivity (Wildman–Crippen MR) is 91.6 cm³/mol. The second-order valence-corrected chi connectivity index (χ2v) is 6.27. The average Bonchev–Trinajstić information content (AvgIpc) is 2.96. The van der Waals surface area contributed by atoms with Crippen LogP contribution in [0.4, 0.5) is 0 Å². The molecule has 1 aromatic carbocycles. The second kappa shape index (κ2) is 8.35. The fourth-order valence-corrected chi connectivity index (χ4v) is 3.26. The Morgan fingerprint density at radius 2 is 2.12 bits per heavy atom. The van der Waals surface area contributed by atoms with Gasteiger partial charge < -0.3 is 15.2 Å². The molecule has 2 aliphatic heterocycles. The average molecular weight is 355 g/mol. The molecule has 2 N–H and O–H groups in total. The van der Waals surface area contributed by atoms with Crippen LogP contribution in [0.2, 0.25) is 0 Å². The summed E-state index contributed by atoms with van der Waals surface area (Å²) >= 11 is 0. The predicted octanol–water partition coefficient (Wildman–Crippen LogP) is 1.32. The third-order valence-corrected chi connectivity index (χ3v) is 4.46. The summed E-state index contributed by atoms with van der Waals surface area (Å²) in [6.07, 6.45) is 2.30. The Bertz CT molecular complexity index is 571. The lowest BCUT2D eigenvalue weighted by atomic mass is 9.98. The van der Waals surface area contributed by atoms with Crippen molar-refractivity contribution in [1.29, 1.82) is 0 Å². The van der Waals surface area contributed by atoms with Gasteiger partial charge in [-0.2, -0.15) is 0 Å². The number of hydrogen-bond donors (Lipinski definition) is 2. The summed E-state index contributed by atoms with van der Waals surface area (Å²) in [5.74, 6) is -0.306. The molecule has 7 heteroatoms. The lowest BCUT2D eigenvalue weighted by Crippen LogP contribution is -2.45. The summed E-state index contributed by atoms with van der Waals surface area (Å²) < 4.78 is 5.79. The van der Waals surface area contributed by atoms with Gasteiger partial charge in [-0.05, 0) is 31.0 Å². The zero-order chi connectivity index (χ0) is 16.2. The van der Waals surface area contributed by atoms with E-state index < -0.39 is 5.97 Å². The summed E-state index contributed by atoms with van der Waals surface area (Å²) in [6.45, 7) is 1.96. The zero-order valence-electron chi connectivity index (χ0n) is 13.4. The lowest BCUT2D eigenvalue weighted by Gasteiger charge is -2.30. The molecule has 1 fully saturated rings. The number of fused-ring (bicyclic) bond motifs is 1. The van der Waals surface area contributed by atoms with Gasteiger partial charge in [0, 0.05) is 13.0 Å². The van der Waals surface area contributed by atoms with E-state index in [-0.39, 0.29) is 36.9 Å². The van der Waals surface area contributed by atoms with Gasteiger partial charge >= 0.3 is 5.97 Å². The number of nitrogens with one attached hydrogen (secondary N) is 1. The van der Waals surface area contributed by atoms with E-state index in [0.717, 1.165) is 25.1 Å². The van der Waals surface area contributed by atoms with Crippen LogP contribution in [0.15, 0.2) is 24.3 Å². The molecule has 6 nitrogen and oxygen atoms in total. The zero-order valence-corrected chi connectivity index (χ0v) is 14.3. The Labute approximate surface area is 147 Å². The molecule has 0 saturated carbocycles. The smallest absolute Gasteiger partial charge is 0.307 e. The van der Waals surface area contributed by atoms with Gasteiger partial charge in [0.25, 0.3) is 0 Å². The van der Waals surface area contributed by atoms with E-state index in [1.807, 2.05) is 29.2 Å². The molecule has 1 saturated heterocycles. The van der Waals surface area contributed by atoms with Crippen molar-refractivity contribution in [2.45, 2.75) is 25.4 Å². The van der Waals surface area contributed by atoms with Gasteiger partial charge in [-0.1, -0.05) is 18.2 Å². The van der Waals surface area contributed by atoms with E-state index in [9.17, 15) is 9.59 Å². The number of para-hydroxylation sites is 1. The standard InChI is InChI=1S/C17H22N2O4.ClH/c20-16(11-19-7-3-5-13(10-19)17(21)22)18-9-14-8-12-4-1-2-6-15(12)23-14;/h1-2,4,6,13-14H,3,5,7-11H2,(H,18,20)(H,21,22);1H. The Hall–Kier alpha value is -1.79. The summed E-state index contributed by atoms with van der Waals surface area (Å²) in [5, 5.41) is 12.0. The number of carbonyl (C=O) groups is 2. The maximum absolute atomic E-state index is 12.1. The first-order valence-corrected chi connectivity index (χ1v) is 8.08. The fourth-order valence-electron chi connectivity index (χ4n) is 3.26. The van der Waals surface area contributed by atoms with Crippen molar-refractivity contribution in [2.24, 2.45) is 5.92 Å². The van der Waals surface area contributed by atoms with Crippen molar-refractivity contribution >= 4 is 24.3 Å². The van der Waals surface area contributed by atoms with Crippen molar-refractivity contribution < 1.29 is 19.4 Å². The van der Waals surface area contributed by atoms with E-state index in [1.54, 1.807) is 0 Å². The number of rotatable bonds is 5. The first-order chi connectivity index (χ1) is 11.1. The highest BCUT2D eigenvalue weighted by Crippen LogP contribution is 2.27. The Balaban J connectivity index is 0.00000208. The number of amides is 1. The van der Waals surface area contributed by atoms with Gasteiger partial charge in [0.1, 0.15) is 11.9 Å². The molecule has 1 aromatic rings. The maximum atomic E-state index is 12.1. The molecule has 3 rings (SSSR count). The molecule has 0 bridgehead atoms. The molecule has 132 valence electrons. The van der Waals surface area contributed by atoms with Crippen molar-refractivity contribution in [1.82, 2.24) is 10.2 Å². The van der Waals surface area contributed by atoms with E-state index in [0.29, 0.717) is 19.5 Å². The molecular formula is C17H23ClN2O4. The molecule has 24 heavy (non-hydrogen) atoms. The normalized spacial score (nSPS) is 22.8. The molecular weight excluding hydrogens is 332 g/mol. The minimum Gasteiger partial charge on any atom is -0.488 e. The fraction of sp³-hybridized carbons (Fsp3) is 0.529. The minimum absolute atomic E-state index is 0. The third kappa shape index (κ3) is 4.61. The molecule has 1 amide bonds. The van der Waals surface area contributed by atoms with Crippen molar-refractivity contribution in [3.8, 4) is 5.75 Å². The van der Waals surface area contributed by atoms with Crippen LogP contribution in [0.5, 0.6) is 5.75 Å². The quantitative estimate of drug-likeness (QED) is 0.834. The second-order valence-electron chi connectivity index (χ2n) is 6.27. The Morgan fingerprint density at radius 1 is 1.33 bits per heavy atom. The van der Waals surface area contributed by atoms with Crippen LogP contribution in [-0.2, 0) is 16.0 Å². The Kier molecular flexibility index (Phi) is 6.45. The van der Waals surface area contributed by atoms with Crippen LogP contribution in [-0.4, -0.2) is 54.2 Å². The monoisotopic (exact) mass is 354 g/mol. The number of carboxylic acid groups (broad SMARTS) is 1. The number of aliphatic carboxylic acids is 1. The highest BCUT2D eigenvalue weighted by molar-refractivity contribution is 5.85.